The van der Waals surface area contributed by atoms with Crippen LogP contribution in [0.3, 0.4) is 0 Å². The first-order chi connectivity index (χ1) is 23.4. The van der Waals surface area contributed by atoms with Crippen LogP contribution in [0.1, 0.15) is 11.1 Å². The van der Waals surface area contributed by atoms with Crippen LogP contribution in [-0.2, 0) is 17.9 Å². The van der Waals surface area contributed by atoms with Gasteiger partial charge in [0.2, 0.25) is 6.08 Å². The zero-order chi connectivity index (χ0) is 36.6. The molecule has 0 saturated carbocycles. The van der Waals surface area contributed by atoms with Crippen LogP contribution in [0.2, 0.25) is 0 Å². The summed E-state index contributed by atoms with van der Waals surface area (Å²) in [4.78, 5) is 67.0. The lowest BCUT2D eigenvalue weighted by Crippen LogP contribution is -2.37. The first-order valence-corrected chi connectivity index (χ1v) is 15.0. The van der Waals surface area contributed by atoms with Crippen LogP contribution in [0.25, 0.3) is 0 Å². The lowest BCUT2D eigenvalue weighted by molar-refractivity contribution is 0.240. The molecule has 2 aromatic carbocycles. The Balaban J connectivity index is 0.000000388. The summed E-state index contributed by atoms with van der Waals surface area (Å²) in [6.45, 7) is 0.651. The molecule has 14 nitrogen and oxygen atoms in total. The first kappa shape index (κ1) is 41.5. The minimum Gasteiger partial charge on any atom is -0.369 e. The molecule has 4 aromatic rings. The van der Waals surface area contributed by atoms with Gasteiger partial charge in [-0.3, -0.25) is 4.98 Å². The zero-order valence-corrected chi connectivity index (χ0v) is 28.4. The van der Waals surface area contributed by atoms with E-state index in [1.807, 2.05) is 60.7 Å². The number of nitrogens with zero attached hydrogens (tertiary/aromatic N) is 8. The average molecular weight is 720 g/mol. The number of nitrogens with one attached hydrogen (secondary N) is 2. The fourth-order valence-corrected chi connectivity index (χ4v) is 3.03. The molecule has 2 N–H and O–H groups in total. The van der Waals surface area contributed by atoms with Gasteiger partial charge in [-0.25, -0.2) is 47.5 Å². The predicted molar refractivity (Wildman–Crippen MR) is 186 cm³/mol. The van der Waals surface area contributed by atoms with Crippen molar-refractivity contribution in [3.63, 3.8) is 0 Å². The number of carbonyl (C=O) groups excluding carboxylic acids is 2. The molecule has 0 bridgehead atoms. The second kappa shape index (κ2) is 23.7. The van der Waals surface area contributed by atoms with Crippen molar-refractivity contribution in [2.24, 2.45) is 15.0 Å². The van der Waals surface area contributed by atoms with Gasteiger partial charge in [0, 0.05) is 34.7 Å². The van der Waals surface area contributed by atoms with Crippen molar-refractivity contribution >= 4 is 59.6 Å². The predicted octanol–water partition coefficient (Wildman–Crippen LogP) is 4.44. The van der Waals surface area contributed by atoms with E-state index in [4.69, 9.17) is 23.2 Å². The van der Waals surface area contributed by atoms with Crippen LogP contribution >= 0.6 is 23.2 Å². The Hall–Kier alpha value is -5.57. The number of aromatic nitrogens is 4. The van der Waals surface area contributed by atoms with E-state index in [2.05, 4.69) is 35.2 Å². The number of aromatic amines is 1. The van der Waals surface area contributed by atoms with Crippen LogP contribution in [0.15, 0.2) is 97.6 Å². The summed E-state index contributed by atoms with van der Waals surface area (Å²) in [5.74, 6) is -2.00. The second-order valence-corrected chi connectivity index (χ2v) is 10.3. The molecule has 1 amide bonds. The number of halogens is 4. The Morgan fingerprint density at radius 2 is 1.49 bits per heavy atom. The number of hydrogen-bond acceptors (Lipinski definition) is 9. The quantitative estimate of drug-likeness (QED) is 0.117. The topological polar surface area (TPSA) is 170 Å². The maximum absolute atomic E-state index is 13.9. The van der Waals surface area contributed by atoms with Crippen molar-refractivity contribution in [2.45, 2.75) is 13.1 Å². The molecule has 0 unspecified atom stereocenters. The molecule has 2 heterocycles. The molecule has 0 aliphatic rings. The molecule has 49 heavy (non-hydrogen) atoms. The van der Waals surface area contributed by atoms with Crippen molar-refractivity contribution in [1.82, 2.24) is 34.6 Å². The molecular weight excluding hydrogens is 685 g/mol. The van der Waals surface area contributed by atoms with Gasteiger partial charge in [0.25, 0.3) is 0 Å². The summed E-state index contributed by atoms with van der Waals surface area (Å²) in [5.41, 5.74) is 0.371. The zero-order valence-electron chi connectivity index (χ0n) is 26.9. The minimum atomic E-state index is -0.900. The van der Waals surface area contributed by atoms with Gasteiger partial charge in [-0.1, -0.05) is 60.7 Å². The largest absolute Gasteiger partial charge is 0.369 e. The molecule has 0 saturated heterocycles. The van der Waals surface area contributed by atoms with Crippen molar-refractivity contribution in [2.75, 3.05) is 33.5 Å². The molecule has 0 spiro atoms. The van der Waals surface area contributed by atoms with E-state index in [9.17, 15) is 28.0 Å². The molecule has 260 valence electrons. The SMILES string of the molecule is CN(C)C=Nc1[nH]c(=O)ncc1F.CN(C)C=Nc1nc(=O)n(C(=O)NCc2ccccc2)cc1F.ClCCl.O=C=NCc1ccccc1. The normalized spacial score (nSPS) is 9.96. The molecule has 2 aromatic heterocycles. The van der Waals surface area contributed by atoms with Crippen molar-refractivity contribution in [1.29, 1.82) is 0 Å². The molecule has 0 aliphatic heterocycles. The van der Waals surface area contributed by atoms with Crippen molar-refractivity contribution in [3.8, 4) is 0 Å². The monoisotopic (exact) mass is 718 g/mol. The van der Waals surface area contributed by atoms with Gasteiger partial charge in [0.1, 0.15) is 0 Å². The molecule has 0 aliphatic carbocycles. The van der Waals surface area contributed by atoms with Gasteiger partial charge in [0.15, 0.2) is 23.3 Å². The number of isocyanates is 1. The maximum atomic E-state index is 13.9. The highest BCUT2D eigenvalue weighted by Crippen LogP contribution is 2.10. The second-order valence-electron chi connectivity index (χ2n) is 9.50. The van der Waals surface area contributed by atoms with E-state index >= 15 is 0 Å². The average Bonchev–Trinajstić information content (AvgIpc) is 3.08. The maximum Gasteiger partial charge on any atom is 0.358 e. The standard InChI is InChI=1S/C15H16FN5O2.C8H7NO.C7H9FN4O.CH2Cl2/c1-20(2)10-18-13-12(16)9-21(15(23)19-13)14(22)17-8-11-6-4-3-5-7-11;10-7-9-6-8-4-2-1-3-5-8;1-12(2)4-10-6-5(8)3-9-7(13)11-6;2-1-3/h3-7,9-10H,8H2,1-2H3,(H,17,22);1-5H,6H2;3-4H,1-2H3,(H,9,11,13);1H2. The number of hydrogen-bond donors (Lipinski definition) is 2. The first-order valence-electron chi connectivity index (χ1n) is 13.9. The fraction of sp³-hybridized carbons (Fsp3) is 0.226. The van der Waals surface area contributed by atoms with E-state index in [1.165, 1.54) is 18.8 Å². The van der Waals surface area contributed by atoms with Gasteiger partial charge in [0.05, 0.1) is 37.0 Å². The summed E-state index contributed by atoms with van der Waals surface area (Å²) in [6, 6.07) is 18.0. The lowest BCUT2D eigenvalue weighted by atomic mass is 10.2. The van der Waals surface area contributed by atoms with E-state index in [-0.39, 0.29) is 23.5 Å². The Morgan fingerprint density at radius 1 is 0.939 bits per heavy atom. The summed E-state index contributed by atoms with van der Waals surface area (Å²) in [5, 5.41) is 2.72. The number of rotatable bonds is 8. The van der Waals surface area contributed by atoms with Gasteiger partial charge in [-0.15, -0.1) is 23.2 Å². The smallest absolute Gasteiger partial charge is 0.358 e. The van der Waals surface area contributed by atoms with Crippen LogP contribution in [0.5, 0.6) is 0 Å². The number of aliphatic imine (C=N–C) groups is 3. The Labute approximate surface area is 290 Å². The van der Waals surface area contributed by atoms with E-state index in [0.29, 0.717) is 11.1 Å². The molecule has 4 rings (SSSR count). The molecule has 0 atom stereocenters. The Morgan fingerprint density at radius 3 is 2.04 bits per heavy atom. The van der Waals surface area contributed by atoms with E-state index in [1.54, 1.807) is 38.0 Å². The number of benzene rings is 2. The molecular formula is C31H34Cl2F2N10O4. The fourth-order valence-electron chi connectivity index (χ4n) is 3.03. The lowest BCUT2D eigenvalue weighted by Gasteiger charge is -2.08. The molecule has 0 fully saturated rings. The van der Waals surface area contributed by atoms with Crippen LogP contribution in [0, 0.1) is 11.6 Å². The van der Waals surface area contributed by atoms with Gasteiger partial charge >= 0.3 is 17.4 Å². The summed E-state index contributed by atoms with van der Waals surface area (Å²) < 4.78 is 27.3. The highest BCUT2D eigenvalue weighted by atomic mass is 35.5. The van der Waals surface area contributed by atoms with Gasteiger partial charge in [-0.2, -0.15) is 9.97 Å². The van der Waals surface area contributed by atoms with E-state index < -0.39 is 29.0 Å². The summed E-state index contributed by atoms with van der Waals surface area (Å²) in [6.07, 6.45) is 5.79. The van der Waals surface area contributed by atoms with E-state index in [0.717, 1.165) is 23.5 Å². The number of carbonyl (C=O) groups is 1. The molecule has 18 heteroatoms. The number of amides is 1. The summed E-state index contributed by atoms with van der Waals surface area (Å²) >= 11 is 9.53. The Kier molecular flexibility index (Phi) is 20.1. The third kappa shape index (κ3) is 17.8. The third-order valence-corrected chi connectivity index (χ3v) is 5.11. The van der Waals surface area contributed by atoms with Gasteiger partial charge < -0.3 is 15.1 Å². The van der Waals surface area contributed by atoms with Crippen LogP contribution in [0.4, 0.5) is 25.2 Å². The summed E-state index contributed by atoms with van der Waals surface area (Å²) in [7, 11) is 6.86. The van der Waals surface area contributed by atoms with Crippen LogP contribution < -0.4 is 16.7 Å². The van der Waals surface area contributed by atoms with Crippen molar-refractivity contribution in [3.05, 3.63) is 117 Å². The highest BCUT2D eigenvalue weighted by Gasteiger charge is 2.13. The molecule has 0 radical (unpaired) electrons. The van der Waals surface area contributed by atoms with Crippen LogP contribution in [-0.4, -0.2) is 87.6 Å². The minimum absolute atomic E-state index is 0.117. The number of alkyl halides is 2. The van der Waals surface area contributed by atoms with Crippen molar-refractivity contribution < 1.29 is 18.4 Å². The Bertz CT molecular complexity index is 1800. The number of H-pyrrole nitrogens is 1. The highest BCUT2D eigenvalue weighted by molar-refractivity contribution is 6.40. The van der Waals surface area contributed by atoms with Gasteiger partial charge in [-0.05, 0) is 11.1 Å². The third-order valence-electron chi connectivity index (χ3n) is 5.11.